The van der Waals surface area contributed by atoms with Gasteiger partial charge in [0.05, 0.1) is 17.2 Å². The highest BCUT2D eigenvalue weighted by molar-refractivity contribution is 5.86. The summed E-state index contributed by atoms with van der Waals surface area (Å²) in [7, 11) is 3.82. The third-order valence-electron chi connectivity index (χ3n) is 2.62. The first-order chi connectivity index (χ1) is 8.87. The van der Waals surface area contributed by atoms with Crippen molar-refractivity contribution in [1.82, 2.24) is 25.1 Å². The lowest BCUT2D eigenvalue weighted by molar-refractivity contribution is 0.0459. The van der Waals surface area contributed by atoms with Crippen LogP contribution < -0.4 is 11.1 Å². The molecule has 8 nitrogen and oxygen atoms in total. The van der Waals surface area contributed by atoms with E-state index in [-0.39, 0.29) is 5.95 Å². The van der Waals surface area contributed by atoms with Gasteiger partial charge in [-0.1, -0.05) is 0 Å². The summed E-state index contributed by atoms with van der Waals surface area (Å²) in [5.74, 6) is 0.724. The highest BCUT2D eigenvalue weighted by atomic mass is 16.3. The molecule has 0 spiro atoms. The molecule has 104 valence electrons. The average molecular weight is 265 g/mol. The Morgan fingerprint density at radius 3 is 2.89 bits per heavy atom. The molecule has 0 saturated heterocycles. The number of nitrogens with zero attached hydrogens (tertiary/aromatic N) is 4. The Hall–Kier alpha value is -1.93. The molecule has 0 aliphatic carbocycles. The van der Waals surface area contributed by atoms with Crippen LogP contribution in [0.3, 0.4) is 0 Å². The van der Waals surface area contributed by atoms with E-state index < -0.39 is 5.60 Å². The molecule has 1 atom stereocenters. The minimum atomic E-state index is -0.876. The number of aliphatic hydroxyl groups is 1. The van der Waals surface area contributed by atoms with Gasteiger partial charge in [0, 0.05) is 13.1 Å². The minimum absolute atomic E-state index is 0.159. The highest BCUT2D eigenvalue weighted by Crippen LogP contribution is 2.19. The number of anilines is 2. The number of nitrogens with two attached hydrogens (primary N) is 1. The van der Waals surface area contributed by atoms with Crippen LogP contribution in [0.5, 0.6) is 0 Å². The van der Waals surface area contributed by atoms with E-state index in [1.54, 1.807) is 13.1 Å². The maximum Gasteiger partial charge on any atom is 0.224 e. The fraction of sp³-hybridized carbons (Fsp3) is 0.545. The molecule has 2 aromatic heterocycles. The van der Waals surface area contributed by atoms with Crippen molar-refractivity contribution in [3.05, 3.63) is 6.20 Å². The number of likely N-dealkylation sites (N-methyl/N-ethyl adjacent to an activating group) is 1. The number of fused-ring (bicyclic) bond motifs is 1. The third-order valence-corrected chi connectivity index (χ3v) is 2.62. The van der Waals surface area contributed by atoms with Gasteiger partial charge in [-0.3, -0.25) is 5.10 Å². The molecular weight excluding hydrogens is 246 g/mol. The number of H-pyrrole nitrogens is 1. The molecule has 0 amide bonds. The summed E-state index contributed by atoms with van der Waals surface area (Å²) >= 11 is 0. The SMILES string of the molecule is CN(C)CC(C)(O)CNc1nc(N)nc2[nH]ncc12. The zero-order valence-electron chi connectivity index (χ0n) is 11.3. The fourth-order valence-corrected chi connectivity index (χ4v) is 2.00. The van der Waals surface area contributed by atoms with E-state index in [1.165, 1.54) is 0 Å². The van der Waals surface area contributed by atoms with E-state index in [9.17, 15) is 5.11 Å². The summed E-state index contributed by atoms with van der Waals surface area (Å²) in [5.41, 5.74) is 5.32. The van der Waals surface area contributed by atoms with Crippen molar-refractivity contribution in [3.8, 4) is 0 Å². The maximum atomic E-state index is 10.2. The van der Waals surface area contributed by atoms with Crippen LogP contribution in [0.1, 0.15) is 6.92 Å². The first kappa shape index (κ1) is 13.5. The van der Waals surface area contributed by atoms with Crippen LogP contribution in [0.15, 0.2) is 6.20 Å². The van der Waals surface area contributed by atoms with Gasteiger partial charge in [-0.15, -0.1) is 0 Å². The van der Waals surface area contributed by atoms with Crippen molar-refractivity contribution in [2.24, 2.45) is 0 Å². The lowest BCUT2D eigenvalue weighted by Crippen LogP contribution is -2.43. The molecule has 0 bridgehead atoms. The summed E-state index contributed by atoms with van der Waals surface area (Å²) in [5, 5.41) is 20.7. The zero-order chi connectivity index (χ0) is 14.0. The average Bonchev–Trinajstić information content (AvgIpc) is 2.71. The second kappa shape index (κ2) is 4.98. The number of rotatable bonds is 5. The maximum absolute atomic E-state index is 10.2. The summed E-state index contributed by atoms with van der Waals surface area (Å²) in [6.07, 6.45) is 1.62. The van der Waals surface area contributed by atoms with Crippen molar-refractivity contribution in [1.29, 1.82) is 0 Å². The van der Waals surface area contributed by atoms with Crippen molar-refractivity contribution >= 4 is 22.8 Å². The largest absolute Gasteiger partial charge is 0.387 e. The van der Waals surface area contributed by atoms with Crippen LogP contribution in [0.25, 0.3) is 11.0 Å². The van der Waals surface area contributed by atoms with Crippen LogP contribution in [-0.2, 0) is 0 Å². The van der Waals surface area contributed by atoms with Gasteiger partial charge in [0.25, 0.3) is 0 Å². The molecular formula is C11H19N7O. The predicted molar refractivity (Wildman–Crippen MR) is 73.8 cm³/mol. The lowest BCUT2D eigenvalue weighted by Gasteiger charge is -2.27. The van der Waals surface area contributed by atoms with E-state index >= 15 is 0 Å². The molecule has 5 N–H and O–H groups in total. The number of aromatic amines is 1. The van der Waals surface area contributed by atoms with Crippen LogP contribution >= 0.6 is 0 Å². The van der Waals surface area contributed by atoms with E-state index in [1.807, 2.05) is 19.0 Å². The van der Waals surface area contributed by atoms with Crippen LogP contribution in [0, 0.1) is 0 Å². The van der Waals surface area contributed by atoms with Crippen LogP contribution in [0.4, 0.5) is 11.8 Å². The van der Waals surface area contributed by atoms with Crippen molar-refractivity contribution in [3.63, 3.8) is 0 Å². The van der Waals surface area contributed by atoms with Crippen molar-refractivity contribution in [2.75, 3.05) is 38.2 Å². The molecule has 0 aromatic carbocycles. The standard InChI is InChI=1S/C11H19N7O/c1-11(19,6-18(2)3)5-13-8-7-4-14-17-9(7)16-10(12)15-8/h4,19H,5-6H2,1-3H3,(H4,12,13,14,15,16,17). The van der Waals surface area contributed by atoms with Gasteiger partial charge in [-0.2, -0.15) is 15.1 Å². The molecule has 0 radical (unpaired) electrons. The summed E-state index contributed by atoms with van der Waals surface area (Å²) < 4.78 is 0. The van der Waals surface area contributed by atoms with Gasteiger partial charge >= 0.3 is 0 Å². The molecule has 0 saturated carbocycles. The Morgan fingerprint density at radius 2 is 2.21 bits per heavy atom. The van der Waals surface area contributed by atoms with Gasteiger partial charge in [-0.25, -0.2) is 0 Å². The molecule has 19 heavy (non-hydrogen) atoms. The molecule has 0 aliphatic heterocycles. The monoisotopic (exact) mass is 265 g/mol. The van der Waals surface area contributed by atoms with E-state index in [0.29, 0.717) is 24.6 Å². The number of aromatic nitrogens is 4. The van der Waals surface area contributed by atoms with Gasteiger partial charge in [0.15, 0.2) is 5.65 Å². The zero-order valence-corrected chi connectivity index (χ0v) is 11.3. The van der Waals surface area contributed by atoms with Crippen molar-refractivity contribution < 1.29 is 5.11 Å². The molecule has 8 heteroatoms. The van der Waals surface area contributed by atoms with Gasteiger partial charge in [-0.05, 0) is 21.0 Å². The summed E-state index contributed by atoms with van der Waals surface area (Å²) in [6.45, 7) is 2.65. The molecule has 2 aromatic rings. The molecule has 1 unspecified atom stereocenters. The van der Waals surface area contributed by atoms with Crippen molar-refractivity contribution in [2.45, 2.75) is 12.5 Å². The third kappa shape index (κ3) is 3.30. The van der Waals surface area contributed by atoms with Crippen LogP contribution in [-0.4, -0.2) is 63.0 Å². The smallest absolute Gasteiger partial charge is 0.224 e. The van der Waals surface area contributed by atoms with Crippen LogP contribution in [0.2, 0.25) is 0 Å². The van der Waals surface area contributed by atoms with E-state index in [0.717, 1.165) is 5.39 Å². The number of nitrogens with one attached hydrogen (secondary N) is 2. The second-order valence-corrected chi connectivity index (χ2v) is 5.15. The minimum Gasteiger partial charge on any atom is -0.387 e. The Morgan fingerprint density at radius 1 is 1.47 bits per heavy atom. The first-order valence-electron chi connectivity index (χ1n) is 5.95. The van der Waals surface area contributed by atoms with Gasteiger partial charge in [0.1, 0.15) is 5.82 Å². The number of nitrogen functional groups attached to an aromatic ring is 1. The van der Waals surface area contributed by atoms with E-state index in [2.05, 4.69) is 25.5 Å². The fourth-order valence-electron chi connectivity index (χ4n) is 2.00. The molecule has 2 rings (SSSR count). The number of hydrogen-bond donors (Lipinski definition) is 4. The topological polar surface area (TPSA) is 116 Å². The normalized spacial score (nSPS) is 14.8. The Kier molecular flexibility index (Phi) is 3.54. The highest BCUT2D eigenvalue weighted by Gasteiger charge is 2.22. The molecule has 0 aliphatic rings. The predicted octanol–water partition coefficient (Wildman–Crippen LogP) is -0.340. The summed E-state index contributed by atoms with van der Waals surface area (Å²) in [4.78, 5) is 10.1. The molecule has 0 fully saturated rings. The Bertz CT molecular complexity index is 563. The van der Waals surface area contributed by atoms with Gasteiger partial charge in [0.2, 0.25) is 5.95 Å². The Labute approximate surface area is 111 Å². The second-order valence-electron chi connectivity index (χ2n) is 5.15. The molecule has 2 heterocycles. The van der Waals surface area contributed by atoms with Gasteiger partial charge < -0.3 is 21.1 Å². The first-order valence-corrected chi connectivity index (χ1v) is 5.95. The van der Waals surface area contributed by atoms with E-state index in [4.69, 9.17) is 5.73 Å². The lowest BCUT2D eigenvalue weighted by atomic mass is 10.1. The quantitative estimate of drug-likeness (QED) is 0.584. The number of hydrogen-bond acceptors (Lipinski definition) is 7. The Balaban J connectivity index is 2.15. The summed E-state index contributed by atoms with van der Waals surface area (Å²) in [6, 6.07) is 0.